The minimum absolute atomic E-state index is 0.00212. The molecule has 19 heavy (non-hydrogen) atoms. The molecule has 0 aromatic heterocycles. The van der Waals surface area contributed by atoms with E-state index in [1.165, 1.54) is 16.7 Å². The highest BCUT2D eigenvalue weighted by Gasteiger charge is 2.43. The third kappa shape index (κ3) is 1.76. The van der Waals surface area contributed by atoms with Crippen molar-refractivity contribution in [2.75, 3.05) is 4.67 Å². The van der Waals surface area contributed by atoms with Gasteiger partial charge in [-0.05, 0) is 73.2 Å². The molecule has 2 atom stereocenters. The van der Waals surface area contributed by atoms with E-state index in [2.05, 4.69) is 55.6 Å². The Bertz CT molecular complexity index is 575. The summed E-state index contributed by atoms with van der Waals surface area (Å²) >= 11 is 0. The Kier molecular flexibility index (Phi) is 3.30. The average Bonchev–Trinajstić information content (AvgIpc) is 2.36. The molecule has 1 aromatic rings. The van der Waals surface area contributed by atoms with Gasteiger partial charge in [-0.25, -0.2) is 0 Å². The Morgan fingerprint density at radius 3 is 2.00 bits per heavy atom. The van der Waals surface area contributed by atoms with Gasteiger partial charge in [-0.15, -0.1) is 0 Å². The lowest BCUT2D eigenvalue weighted by atomic mass is 9.75. The molecule has 0 N–H and O–H groups in total. The molecule has 1 aliphatic rings. The lowest BCUT2D eigenvalue weighted by molar-refractivity contribution is 0.0874. The van der Waals surface area contributed by atoms with Gasteiger partial charge in [0.25, 0.3) is 0 Å². The quantitative estimate of drug-likeness (QED) is 0.665. The smallest absolute Gasteiger partial charge is 0.170 e. The lowest BCUT2D eigenvalue weighted by Gasteiger charge is -2.47. The number of ketones is 1. The van der Waals surface area contributed by atoms with E-state index in [-0.39, 0.29) is 17.2 Å². The van der Waals surface area contributed by atoms with Crippen LogP contribution in [0.5, 0.6) is 0 Å². The monoisotopic (exact) mass is 277 g/mol. The molecule has 1 heterocycles. The van der Waals surface area contributed by atoms with Crippen LogP contribution in [0.15, 0.2) is 0 Å². The Hall–Kier alpha value is -0.880. The van der Waals surface area contributed by atoms with Crippen molar-refractivity contribution in [3.63, 3.8) is 0 Å². The van der Waals surface area contributed by atoms with Crippen molar-refractivity contribution in [2.45, 2.75) is 54.0 Å². The number of anilines is 1. The summed E-state index contributed by atoms with van der Waals surface area (Å²) in [5.74, 6) is 0.278. The first-order valence-electron chi connectivity index (χ1n) is 6.81. The summed E-state index contributed by atoms with van der Waals surface area (Å²) in [4.78, 5) is 12.8. The van der Waals surface area contributed by atoms with Crippen LogP contribution in [0, 0.1) is 33.6 Å². The SMILES string of the molecule is Cc1c(C)c(C)c2c(c1C)C(=O)C(C)C(C)(C)N2P. The van der Waals surface area contributed by atoms with Gasteiger partial charge in [0.1, 0.15) is 0 Å². The standard InChI is InChI=1S/C16H24NOP/c1-8-9(2)11(4)14-13(10(8)3)15(18)12(5)16(6,7)17(14)19/h12H,19H2,1-7H3. The zero-order valence-corrected chi connectivity index (χ0v) is 14.2. The second kappa shape index (κ2) is 4.31. The van der Waals surface area contributed by atoms with E-state index >= 15 is 0 Å². The predicted molar refractivity (Wildman–Crippen MR) is 85.2 cm³/mol. The van der Waals surface area contributed by atoms with Crippen LogP contribution in [0.2, 0.25) is 0 Å². The second-order valence-corrected chi connectivity index (χ2v) is 6.85. The highest BCUT2D eigenvalue weighted by Crippen LogP contribution is 2.46. The van der Waals surface area contributed by atoms with Crippen molar-refractivity contribution >= 4 is 20.9 Å². The molecule has 1 aromatic carbocycles. The molecule has 0 amide bonds. The van der Waals surface area contributed by atoms with Gasteiger partial charge < -0.3 is 4.67 Å². The van der Waals surface area contributed by atoms with Crippen LogP contribution in [0.25, 0.3) is 0 Å². The molecule has 2 rings (SSSR count). The predicted octanol–water partition coefficient (Wildman–Crippen LogP) is 4.13. The van der Waals surface area contributed by atoms with Gasteiger partial charge in [0.2, 0.25) is 0 Å². The zero-order valence-electron chi connectivity index (χ0n) is 13.0. The van der Waals surface area contributed by atoms with Gasteiger partial charge >= 0.3 is 0 Å². The minimum atomic E-state index is -0.173. The molecule has 0 bridgehead atoms. The summed E-state index contributed by atoms with van der Waals surface area (Å²) in [6.45, 7) is 14.8. The molecule has 1 aliphatic heterocycles. The molecular weight excluding hydrogens is 253 g/mol. The number of carbonyl (C=O) groups excluding carboxylic acids is 1. The maximum absolute atomic E-state index is 12.8. The number of hydrogen-bond donors (Lipinski definition) is 0. The van der Waals surface area contributed by atoms with Gasteiger partial charge in [-0.1, -0.05) is 6.92 Å². The van der Waals surface area contributed by atoms with Crippen molar-refractivity contribution in [2.24, 2.45) is 5.92 Å². The van der Waals surface area contributed by atoms with Crippen molar-refractivity contribution in [3.8, 4) is 0 Å². The average molecular weight is 277 g/mol. The highest BCUT2D eigenvalue weighted by molar-refractivity contribution is 7.19. The molecule has 0 spiro atoms. The van der Waals surface area contributed by atoms with Crippen LogP contribution >= 0.6 is 9.39 Å². The Morgan fingerprint density at radius 1 is 1.00 bits per heavy atom. The van der Waals surface area contributed by atoms with E-state index < -0.39 is 0 Å². The third-order valence-corrected chi connectivity index (χ3v) is 6.14. The Balaban J connectivity index is 2.89. The summed E-state index contributed by atoms with van der Waals surface area (Å²) in [7, 11) is 2.82. The number of carbonyl (C=O) groups is 1. The van der Waals surface area contributed by atoms with Gasteiger partial charge in [0.05, 0.1) is 5.69 Å². The first-order chi connectivity index (χ1) is 8.62. The number of benzene rings is 1. The van der Waals surface area contributed by atoms with E-state index in [9.17, 15) is 4.79 Å². The molecule has 0 radical (unpaired) electrons. The van der Waals surface area contributed by atoms with Gasteiger partial charge in [-0.2, -0.15) is 0 Å². The van der Waals surface area contributed by atoms with Gasteiger partial charge in [-0.3, -0.25) is 4.79 Å². The van der Waals surface area contributed by atoms with E-state index in [1.807, 2.05) is 6.92 Å². The minimum Gasteiger partial charge on any atom is -0.349 e. The summed E-state index contributed by atoms with van der Waals surface area (Å²) < 4.78 is 2.21. The topological polar surface area (TPSA) is 20.3 Å². The summed E-state index contributed by atoms with van der Waals surface area (Å²) in [5, 5.41) is 0. The van der Waals surface area contributed by atoms with E-state index in [0.29, 0.717) is 0 Å². The molecule has 2 unspecified atom stereocenters. The first kappa shape index (κ1) is 14.5. The van der Waals surface area contributed by atoms with E-state index in [0.717, 1.165) is 16.8 Å². The number of hydrogen-bond acceptors (Lipinski definition) is 2. The normalized spacial score (nSPS) is 21.6. The fourth-order valence-electron chi connectivity index (χ4n) is 2.93. The number of nitrogens with zero attached hydrogens (tertiary/aromatic N) is 1. The van der Waals surface area contributed by atoms with Crippen molar-refractivity contribution in [1.82, 2.24) is 0 Å². The highest BCUT2D eigenvalue weighted by atomic mass is 31.0. The Morgan fingerprint density at radius 2 is 1.47 bits per heavy atom. The van der Waals surface area contributed by atoms with Crippen LogP contribution < -0.4 is 4.67 Å². The molecule has 0 saturated carbocycles. The maximum Gasteiger partial charge on any atom is 0.170 e. The van der Waals surface area contributed by atoms with Gasteiger partial charge in [0.15, 0.2) is 5.78 Å². The molecule has 2 nitrogen and oxygen atoms in total. The summed E-state index contributed by atoms with van der Waals surface area (Å²) in [6, 6.07) is 0. The molecule has 0 saturated heterocycles. The van der Waals surface area contributed by atoms with Crippen LogP contribution in [0.4, 0.5) is 5.69 Å². The van der Waals surface area contributed by atoms with Crippen molar-refractivity contribution in [3.05, 3.63) is 27.8 Å². The van der Waals surface area contributed by atoms with Crippen LogP contribution in [-0.2, 0) is 0 Å². The molecule has 0 aliphatic carbocycles. The van der Waals surface area contributed by atoms with Crippen LogP contribution in [0.3, 0.4) is 0 Å². The summed E-state index contributed by atoms with van der Waals surface area (Å²) in [6.07, 6.45) is 0. The first-order valence-corrected chi connectivity index (χ1v) is 7.33. The molecule has 0 fully saturated rings. The second-order valence-electron chi connectivity index (χ2n) is 6.33. The van der Waals surface area contributed by atoms with E-state index in [1.54, 1.807) is 0 Å². The maximum atomic E-state index is 12.8. The fourth-order valence-corrected chi connectivity index (χ4v) is 3.48. The lowest BCUT2D eigenvalue weighted by Crippen LogP contribution is -2.51. The number of fused-ring (bicyclic) bond motifs is 1. The van der Waals surface area contributed by atoms with E-state index in [4.69, 9.17) is 0 Å². The number of Topliss-reactive ketones (excluding diaryl/α,β-unsaturated/α-hetero) is 1. The van der Waals surface area contributed by atoms with Crippen LogP contribution in [-0.4, -0.2) is 11.3 Å². The van der Waals surface area contributed by atoms with Crippen molar-refractivity contribution < 1.29 is 4.79 Å². The zero-order chi connectivity index (χ0) is 14.7. The fraction of sp³-hybridized carbons (Fsp3) is 0.562. The Labute approximate surface area is 118 Å². The molecular formula is C16H24NOP. The molecule has 104 valence electrons. The van der Waals surface area contributed by atoms with Crippen LogP contribution in [0.1, 0.15) is 53.4 Å². The summed E-state index contributed by atoms with van der Waals surface area (Å²) in [5.41, 5.74) is 6.74. The third-order valence-electron chi connectivity index (χ3n) is 5.22. The number of rotatable bonds is 0. The van der Waals surface area contributed by atoms with Crippen molar-refractivity contribution in [1.29, 1.82) is 0 Å². The largest absolute Gasteiger partial charge is 0.349 e. The van der Waals surface area contributed by atoms with Gasteiger partial charge in [0, 0.05) is 17.0 Å². The molecule has 3 heteroatoms.